The first-order valence-corrected chi connectivity index (χ1v) is 8.48. The Hall–Kier alpha value is -5.90. The van der Waals surface area contributed by atoms with Crippen LogP contribution in [-0.2, 0) is 9.59 Å². The number of amides is 2. The Balaban J connectivity index is 2.11. The van der Waals surface area contributed by atoms with Crippen LogP contribution in [0.4, 0.5) is 34.1 Å². The van der Waals surface area contributed by atoms with Crippen molar-refractivity contribution in [2.75, 3.05) is 10.6 Å². The molecule has 16 heteroatoms. The number of non-ortho nitro benzene ring substituents is 4. The van der Waals surface area contributed by atoms with E-state index in [2.05, 4.69) is 10.6 Å². The zero-order valence-corrected chi connectivity index (χ0v) is 16.3. The number of rotatable bonds is 6. The van der Waals surface area contributed by atoms with Crippen molar-refractivity contribution in [1.82, 2.24) is 0 Å². The summed E-state index contributed by atoms with van der Waals surface area (Å²) in [5.74, 6) is 5.71. The summed E-state index contributed by atoms with van der Waals surface area (Å²) >= 11 is 0. The van der Waals surface area contributed by atoms with Crippen molar-refractivity contribution in [1.29, 1.82) is 0 Å². The predicted octanol–water partition coefficient (Wildman–Crippen LogP) is 1.90. The number of nitrogens with one attached hydrogen (secondary N) is 2. The molecule has 0 aromatic heterocycles. The minimum Gasteiger partial charge on any atom is -0.315 e. The van der Waals surface area contributed by atoms with E-state index in [1.807, 2.05) is 23.7 Å². The number of nitro benzene ring substituents is 4. The first-order chi connectivity index (χ1) is 16.0. The van der Waals surface area contributed by atoms with Gasteiger partial charge in [0.05, 0.1) is 43.2 Å². The molecule has 0 heterocycles. The fourth-order valence-electron chi connectivity index (χ4n) is 2.26. The molecule has 0 bridgehead atoms. The molecule has 2 N–H and O–H groups in total. The van der Waals surface area contributed by atoms with Gasteiger partial charge in [-0.15, -0.1) is 0 Å². The summed E-state index contributed by atoms with van der Waals surface area (Å²) in [6.07, 6.45) is 0. The largest absolute Gasteiger partial charge is 0.315 e. The van der Waals surface area contributed by atoms with Crippen molar-refractivity contribution >= 4 is 45.9 Å². The van der Waals surface area contributed by atoms with E-state index in [0.717, 1.165) is 24.3 Å². The van der Waals surface area contributed by atoms with Crippen LogP contribution in [0, 0.1) is 64.1 Å². The number of hydrogen-bond donors (Lipinski definition) is 2. The van der Waals surface area contributed by atoms with Crippen LogP contribution in [0.3, 0.4) is 0 Å². The number of anilines is 2. The van der Waals surface area contributed by atoms with Gasteiger partial charge in [-0.3, -0.25) is 50.0 Å². The SMILES string of the molecule is O=C(C#CC#CC(=O)Nc1cc([N+](=O)[O-])cc([N+](=O)[O-])c1)Nc1cc([N+](=O)[O-])cc([N+](=O)[O-])c1. The summed E-state index contributed by atoms with van der Waals surface area (Å²) in [6, 6.07) is 4.85. The van der Waals surface area contributed by atoms with Gasteiger partial charge in [0.2, 0.25) is 0 Å². The van der Waals surface area contributed by atoms with Crippen LogP contribution in [0.25, 0.3) is 0 Å². The van der Waals surface area contributed by atoms with E-state index in [1.54, 1.807) is 0 Å². The molecule has 0 radical (unpaired) electrons. The van der Waals surface area contributed by atoms with Crippen molar-refractivity contribution in [2.24, 2.45) is 0 Å². The summed E-state index contributed by atoms with van der Waals surface area (Å²) in [7, 11) is 0. The molecule has 2 aromatic rings. The van der Waals surface area contributed by atoms with Crippen molar-refractivity contribution in [3.8, 4) is 23.7 Å². The average Bonchev–Trinajstić information content (AvgIpc) is 2.76. The minimum atomic E-state index is -1.06. The number of benzene rings is 2. The topological polar surface area (TPSA) is 231 Å². The standard InChI is InChI=1S/C18H8N6O10/c25-17(19-11-5-13(21(27)28)9-14(6-11)22(29)30)3-1-2-4-18(26)20-12-7-15(23(31)32)10-16(8-12)24(33)34/h5-10H,(H,19,25)(H,20,26). The molecule has 0 saturated heterocycles. The molecular weight excluding hydrogens is 460 g/mol. The molecule has 0 aliphatic rings. The first-order valence-electron chi connectivity index (χ1n) is 8.48. The van der Waals surface area contributed by atoms with E-state index in [1.165, 1.54) is 0 Å². The van der Waals surface area contributed by atoms with Gasteiger partial charge in [0.1, 0.15) is 0 Å². The molecule has 0 unspecified atom stereocenters. The summed E-state index contributed by atoms with van der Waals surface area (Å²) in [5.41, 5.74) is -3.13. The Morgan fingerprint density at radius 3 is 1.06 bits per heavy atom. The Morgan fingerprint density at radius 2 is 0.824 bits per heavy atom. The van der Waals surface area contributed by atoms with Gasteiger partial charge >= 0.3 is 11.8 Å². The van der Waals surface area contributed by atoms with Crippen molar-refractivity contribution in [3.63, 3.8) is 0 Å². The quantitative estimate of drug-likeness (QED) is 0.355. The summed E-state index contributed by atoms with van der Waals surface area (Å²) in [4.78, 5) is 63.4. The molecule has 0 fully saturated rings. The van der Waals surface area contributed by atoms with E-state index in [4.69, 9.17) is 0 Å². The normalized spacial score (nSPS) is 9.29. The molecule has 16 nitrogen and oxygen atoms in total. The van der Waals surface area contributed by atoms with Gasteiger partial charge in [-0.25, -0.2) is 0 Å². The van der Waals surface area contributed by atoms with E-state index in [9.17, 15) is 50.0 Å². The van der Waals surface area contributed by atoms with Gasteiger partial charge in [-0.2, -0.15) is 0 Å². The van der Waals surface area contributed by atoms with Crippen molar-refractivity contribution < 1.29 is 29.3 Å². The van der Waals surface area contributed by atoms with Crippen molar-refractivity contribution in [3.05, 3.63) is 76.9 Å². The van der Waals surface area contributed by atoms with E-state index < -0.39 is 54.3 Å². The summed E-state index contributed by atoms with van der Waals surface area (Å²) in [5, 5.41) is 47.5. The molecule has 34 heavy (non-hydrogen) atoms. The van der Waals surface area contributed by atoms with E-state index in [0.29, 0.717) is 12.1 Å². The second kappa shape index (κ2) is 10.4. The van der Waals surface area contributed by atoms with Gasteiger partial charge in [0.15, 0.2) is 0 Å². The van der Waals surface area contributed by atoms with Crippen LogP contribution < -0.4 is 10.6 Å². The highest BCUT2D eigenvalue weighted by molar-refractivity contribution is 6.06. The van der Waals surface area contributed by atoms with Crippen LogP contribution >= 0.6 is 0 Å². The second-order valence-electron chi connectivity index (χ2n) is 5.91. The molecule has 0 atom stereocenters. The molecule has 2 aromatic carbocycles. The fourth-order valence-corrected chi connectivity index (χ4v) is 2.26. The first kappa shape index (κ1) is 24.4. The molecular formula is C18H8N6O10. The third-order valence-electron chi connectivity index (χ3n) is 3.58. The molecule has 0 spiro atoms. The molecule has 0 saturated carbocycles. The van der Waals surface area contributed by atoms with Crippen LogP contribution in [0.2, 0.25) is 0 Å². The summed E-state index contributed by atoms with van der Waals surface area (Å²) < 4.78 is 0. The Bertz CT molecular complexity index is 1210. The third kappa shape index (κ3) is 6.82. The lowest BCUT2D eigenvalue weighted by Crippen LogP contribution is -2.09. The molecule has 2 rings (SSSR count). The highest BCUT2D eigenvalue weighted by Crippen LogP contribution is 2.26. The maximum absolute atomic E-state index is 11.8. The maximum atomic E-state index is 11.8. The zero-order valence-electron chi connectivity index (χ0n) is 16.3. The number of carbonyl (C=O) groups is 2. The zero-order chi connectivity index (χ0) is 25.4. The Kier molecular flexibility index (Phi) is 7.47. The summed E-state index contributed by atoms with van der Waals surface area (Å²) in [6.45, 7) is 0. The van der Waals surface area contributed by atoms with Gasteiger partial charge < -0.3 is 10.6 Å². The van der Waals surface area contributed by atoms with Gasteiger partial charge in [-0.05, 0) is 11.8 Å². The lowest BCUT2D eigenvalue weighted by atomic mass is 10.2. The number of carbonyl (C=O) groups excluding carboxylic acids is 2. The molecule has 0 aliphatic heterocycles. The number of nitro groups is 4. The maximum Gasteiger partial charge on any atom is 0.301 e. The Morgan fingerprint density at radius 1 is 0.559 bits per heavy atom. The van der Waals surface area contributed by atoms with Gasteiger partial charge in [0.25, 0.3) is 22.7 Å². The van der Waals surface area contributed by atoms with Crippen LogP contribution in [0.1, 0.15) is 0 Å². The highest BCUT2D eigenvalue weighted by atomic mass is 16.6. The molecule has 170 valence electrons. The van der Waals surface area contributed by atoms with Crippen LogP contribution in [0.15, 0.2) is 36.4 Å². The van der Waals surface area contributed by atoms with E-state index >= 15 is 0 Å². The molecule has 0 aliphatic carbocycles. The predicted molar refractivity (Wildman–Crippen MR) is 112 cm³/mol. The molecule has 2 amide bonds. The van der Waals surface area contributed by atoms with Crippen molar-refractivity contribution in [2.45, 2.75) is 0 Å². The second-order valence-corrected chi connectivity index (χ2v) is 5.91. The third-order valence-corrected chi connectivity index (χ3v) is 3.58. The monoisotopic (exact) mass is 468 g/mol. The van der Waals surface area contributed by atoms with Gasteiger partial charge in [0, 0.05) is 36.1 Å². The Labute approximate surface area is 187 Å². The fraction of sp³-hybridized carbons (Fsp3) is 0. The lowest BCUT2D eigenvalue weighted by Gasteiger charge is -2.01. The average molecular weight is 468 g/mol. The van der Waals surface area contributed by atoms with E-state index in [-0.39, 0.29) is 11.4 Å². The lowest BCUT2D eigenvalue weighted by molar-refractivity contribution is -0.394. The number of nitrogens with zero attached hydrogens (tertiary/aromatic N) is 4. The van der Waals surface area contributed by atoms with Crippen LogP contribution in [0.5, 0.6) is 0 Å². The minimum absolute atomic E-state index is 0.279. The highest BCUT2D eigenvalue weighted by Gasteiger charge is 2.18. The number of hydrogen-bond acceptors (Lipinski definition) is 10. The van der Waals surface area contributed by atoms with Crippen LogP contribution in [-0.4, -0.2) is 31.5 Å². The smallest absolute Gasteiger partial charge is 0.301 e. The van der Waals surface area contributed by atoms with Gasteiger partial charge in [-0.1, -0.05) is 0 Å².